The van der Waals surface area contributed by atoms with Gasteiger partial charge in [0.2, 0.25) is 0 Å². The van der Waals surface area contributed by atoms with Crippen LogP contribution in [0.5, 0.6) is 0 Å². The number of rotatable bonds is 3. The van der Waals surface area contributed by atoms with E-state index in [4.69, 9.17) is 29.6 Å². The van der Waals surface area contributed by atoms with E-state index >= 15 is 0 Å². The Bertz CT molecular complexity index is 703. The first-order chi connectivity index (χ1) is 9.90. The summed E-state index contributed by atoms with van der Waals surface area (Å²) in [4.78, 5) is 13.9. The summed E-state index contributed by atoms with van der Waals surface area (Å²) in [6, 6.07) is 10.7. The van der Waals surface area contributed by atoms with Crippen LogP contribution in [0.2, 0.25) is 5.02 Å². The number of nitrogens with zero attached hydrogens (tertiary/aromatic N) is 1. The molecule has 0 aliphatic rings. The SMILES string of the molecule is CN(C(=O)c1ccc(Cl)cc1F)c1ccc(C(N)=S)cc1. The summed E-state index contributed by atoms with van der Waals surface area (Å²) in [6.45, 7) is 0. The van der Waals surface area contributed by atoms with Crippen LogP contribution in [0.1, 0.15) is 15.9 Å². The molecule has 2 aromatic carbocycles. The highest BCUT2D eigenvalue weighted by Crippen LogP contribution is 2.20. The molecule has 0 saturated carbocycles. The second-order valence-corrected chi connectivity index (χ2v) is 5.28. The van der Waals surface area contributed by atoms with Crippen LogP contribution >= 0.6 is 23.8 Å². The average Bonchev–Trinajstić information content (AvgIpc) is 2.46. The normalized spacial score (nSPS) is 10.2. The molecule has 0 aliphatic heterocycles. The van der Waals surface area contributed by atoms with Gasteiger partial charge in [-0.15, -0.1) is 0 Å². The van der Waals surface area contributed by atoms with E-state index in [-0.39, 0.29) is 15.6 Å². The lowest BCUT2D eigenvalue weighted by molar-refractivity contribution is 0.0989. The number of carbonyl (C=O) groups is 1. The van der Waals surface area contributed by atoms with Gasteiger partial charge in [-0.25, -0.2) is 4.39 Å². The molecule has 0 aliphatic carbocycles. The van der Waals surface area contributed by atoms with E-state index in [1.54, 1.807) is 31.3 Å². The zero-order valence-electron chi connectivity index (χ0n) is 11.1. The van der Waals surface area contributed by atoms with Crippen molar-refractivity contribution in [2.75, 3.05) is 11.9 Å². The Labute approximate surface area is 132 Å². The van der Waals surface area contributed by atoms with Crippen molar-refractivity contribution in [2.24, 2.45) is 5.73 Å². The number of hydrogen-bond donors (Lipinski definition) is 1. The summed E-state index contributed by atoms with van der Waals surface area (Å²) in [6.07, 6.45) is 0. The second-order valence-electron chi connectivity index (χ2n) is 4.40. The van der Waals surface area contributed by atoms with Crippen LogP contribution in [0.15, 0.2) is 42.5 Å². The molecule has 2 rings (SSSR count). The van der Waals surface area contributed by atoms with E-state index in [0.717, 1.165) is 6.07 Å². The van der Waals surface area contributed by atoms with E-state index in [1.165, 1.54) is 17.0 Å². The number of hydrogen-bond acceptors (Lipinski definition) is 2. The number of thiocarbonyl (C=S) groups is 1. The number of nitrogens with two attached hydrogens (primary N) is 1. The molecule has 0 heterocycles. The van der Waals surface area contributed by atoms with Crippen molar-refractivity contribution >= 4 is 40.4 Å². The molecule has 3 nitrogen and oxygen atoms in total. The maximum absolute atomic E-state index is 13.8. The Balaban J connectivity index is 2.28. The standard InChI is InChI=1S/C15H12ClFN2OS/c1-19(11-5-2-9(3-6-11)14(18)21)15(20)12-7-4-10(16)8-13(12)17/h2-8H,1H3,(H2,18,21). The molecule has 0 aromatic heterocycles. The molecule has 0 unspecified atom stereocenters. The monoisotopic (exact) mass is 322 g/mol. The minimum atomic E-state index is -0.654. The van der Waals surface area contributed by atoms with Crippen molar-refractivity contribution in [1.82, 2.24) is 0 Å². The fourth-order valence-corrected chi connectivity index (χ4v) is 2.11. The molecule has 0 radical (unpaired) electrons. The molecular weight excluding hydrogens is 311 g/mol. The molecule has 0 fully saturated rings. The van der Waals surface area contributed by atoms with Gasteiger partial charge in [0.25, 0.3) is 5.91 Å². The van der Waals surface area contributed by atoms with Crippen molar-refractivity contribution < 1.29 is 9.18 Å². The van der Waals surface area contributed by atoms with E-state index in [2.05, 4.69) is 0 Å². The van der Waals surface area contributed by atoms with Gasteiger partial charge < -0.3 is 10.6 Å². The topological polar surface area (TPSA) is 46.3 Å². The van der Waals surface area contributed by atoms with Crippen LogP contribution in [0.25, 0.3) is 0 Å². The third kappa shape index (κ3) is 3.37. The fraction of sp³-hybridized carbons (Fsp3) is 0.0667. The van der Waals surface area contributed by atoms with Gasteiger partial charge in [-0.05, 0) is 42.5 Å². The minimum absolute atomic E-state index is 0.0414. The van der Waals surface area contributed by atoms with Crippen LogP contribution in [0.4, 0.5) is 10.1 Å². The van der Waals surface area contributed by atoms with Crippen LogP contribution in [-0.4, -0.2) is 17.9 Å². The van der Waals surface area contributed by atoms with Gasteiger partial charge in [-0.2, -0.15) is 0 Å². The Morgan fingerprint density at radius 1 is 1.24 bits per heavy atom. The van der Waals surface area contributed by atoms with E-state index in [0.29, 0.717) is 11.3 Å². The lowest BCUT2D eigenvalue weighted by atomic mass is 10.1. The maximum Gasteiger partial charge on any atom is 0.260 e. The first-order valence-corrected chi connectivity index (χ1v) is 6.81. The Morgan fingerprint density at radius 3 is 2.38 bits per heavy atom. The molecule has 2 aromatic rings. The molecule has 0 spiro atoms. The number of carbonyl (C=O) groups excluding carboxylic acids is 1. The first-order valence-electron chi connectivity index (χ1n) is 6.03. The zero-order valence-corrected chi connectivity index (χ0v) is 12.7. The number of halogens is 2. The Hall–Kier alpha value is -1.98. The Kier molecular flexibility index (Phi) is 4.55. The van der Waals surface area contributed by atoms with Crippen LogP contribution < -0.4 is 10.6 Å². The molecule has 0 atom stereocenters. The molecule has 2 N–H and O–H groups in total. The van der Waals surface area contributed by atoms with Crippen molar-refractivity contribution in [3.63, 3.8) is 0 Å². The summed E-state index contributed by atoms with van der Waals surface area (Å²) in [5.74, 6) is -1.12. The third-order valence-corrected chi connectivity index (χ3v) is 3.48. The molecule has 0 bridgehead atoms. The van der Waals surface area contributed by atoms with Gasteiger partial charge in [-0.1, -0.05) is 23.8 Å². The van der Waals surface area contributed by atoms with Crippen molar-refractivity contribution in [3.05, 3.63) is 64.4 Å². The largest absolute Gasteiger partial charge is 0.389 e. The lowest BCUT2D eigenvalue weighted by Crippen LogP contribution is -2.27. The number of anilines is 1. The van der Waals surface area contributed by atoms with Crippen molar-refractivity contribution in [1.29, 1.82) is 0 Å². The predicted molar refractivity (Wildman–Crippen MR) is 86.5 cm³/mol. The van der Waals surface area contributed by atoms with Gasteiger partial charge in [0.1, 0.15) is 10.8 Å². The summed E-state index contributed by atoms with van der Waals surface area (Å²) >= 11 is 10.5. The average molecular weight is 323 g/mol. The van der Waals surface area contributed by atoms with Gasteiger partial charge in [0.05, 0.1) is 5.56 Å². The van der Waals surface area contributed by atoms with Gasteiger partial charge in [-0.3, -0.25) is 4.79 Å². The summed E-state index contributed by atoms with van der Waals surface area (Å²) in [5.41, 5.74) is 6.78. The third-order valence-electron chi connectivity index (χ3n) is 3.01. The summed E-state index contributed by atoms with van der Waals surface area (Å²) in [7, 11) is 1.56. The Morgan fingerprint density at radius 2 is 1.86 bits per heavy atom. The zero-order chi connectivity index (χ0) is 15.6. The highest BCUT2D eigenvalue weighted by molar-refractivity contribution is 7.80. The molecule has 1 amide bonds. The quantitative estimate of drug-likeness (QED) is 0.881. The highest BCUT2D eigenvalue weighted by atomic mass is 35.5. The molecular formula is C15H12ClFN2OS. The van der Waals surface area contributed by atoms with E-state index in [1.807, 2.05) is 0 Å². The number of benzene rings is 2. The maximum atomic E-state index is 13.8. The van der Waals surface area contributed by atoms with Gasteiger partial charge >= 0.3 is 0 Å². The smallest absolute Gasteiger partial charge is 0.260 e. The number of amides is 1. The summed E-state index contributed by atoms with van der Waals surface area (Å²) < 4.78 is 13.8. The van der Waals surface area contributed by atoms with Gasteiger partial charge in [0.15, 0.2) is 0 Å². The van der Waals surface area contributed by atoms with Crippen LogP contribution in [0.3, 0.4) is 0 Å². The minimum Gasteiger partial charge on any atom is -0.389 e. The van der Waals surface area contributed by atoms with Crippen molar-refractivity contribution in [2.45, 2.75) is 0 Å². The van der Waals surface area contributed by atoms with E-state index in [9.17, 15) is 9.18 Å². The van der Waals surface area contributed by atoms with Crippen molar-refractivity contribution in [3.8, 4) is 0 Å². The lowest BCUT2D eigenvalue weighted by Gasteiger charge is -2.18. The van der Waals surface area contributed by atoms with Gasteiger partial charge in [0, 0.05) is 23.3 Å². The second kappa shape index (κ2) is 6.20. The fourth-order valence-electron chi connectivity index (χ4n) is 1.81. The highest BCUT2D eigenvalue weighted by Gasteiger charge is 2.17. The molecule has 108 valence electrons. The van der Waals surface area contributed by atoms with E-state index < -0.39 is 11.7 Å². The summed E-state index contributed by atoms with van der Waals surface area (Å²) in [5, 5.41) is 0.243. The molecule has 21 heavy (non-hydrogen) atoms. The first kappa shape index (κ1) is 15.4. The molecule has 0 saturated heterocycles. The van der Waals surface area contributed by atoms with Crippen LogP contribution in [0, 0.1) is 5.82 Å². The predicted octanol–water partition coefficient (Wildman–Crippen LogP) is 3.39. The van der Waals surface area contributed by atoms with Crippen LogP contribution in [-0.2, 0) is 0 Å². The molecule has 6 heteroatoms.